The van der Waals surface area contributed by atoms with Crippen LogP contribution < -0.4 is 5.32 Å². The summed E-state index contributed by atoms with van der Waals surface area (Å²) in [5.41, 5.74) is 4.17. The number of rotatable bonds is 10. The number of nitriles is 1. The van der Waals surface area contributed by atoms with E-state index in [4.69, 9.17) is 0 Å². The zero-order chi connectivity index (χ0) is 34.2. The van der Waals surface area contributed by atoms with E-state index in [9.17, 15) is 23.0 Å². The predicted molar refractivity (Wildman–Crippen MR) is 186 cm³/mol. The quantitative estimate of drug-likeness (QED) is 0.199. The zero-order valence-electron chi connectivity index (χ0n) is 27.9. The van der Waals surface area contributed by atoms with E-state index in [-0.39, 0.29) is 23.0 Å². The third-order valence-corrected chi connectivity index (χ3v) is 12.2. The van der Waals surface area contributed by atoms with Gasteiger partial charge in [0.2, 0.25) is 0 Å². The van der Waals surface area contributed by atoms with Gasteiger partial charge in [-0.1, -0.05) is 13.0 Å². The molecule has 0 bridgehead atoms. The highest BCUT2D eigenvalue weighted by atomic mass is 32.2. The fraction of sp³-hybridized carbons (Fsp3) is 0.559. The largest absolute Gasteiger partial charge is 0.598 e. The number of hydrogen-bond acceptors (Lipinski definition) is 9. The summed E-state index contributed by atoms with van der Waals surface area (Å²) >= 11 is 0.0948. The normalized spacial score (nSPS) is 20.4. The van der Waals surface area contributed by atoms with Gasteiger partial charge >= 0.3 is 6.18 Å². The first-order valence-electron chi connectivity index (χ1n) is 16.6. The lowest BCUT2D eigenvalue weighted by atomic mass is 10.0. The molecular formula is C34H43F3N8OS2. The van der Waals surface area contributed by atoms with E-state index in [1.165, 1.54) is 17.5 Å². The number of alkyl halides is 3. The van der Waals surface area contributed by atoms with Gasteiger partial charge in [0.05, 0.1) is 24.4 Å². The Balaban J connectivity index is 1.09. The van der Waals surface area contributed by atoms with Crippen molar-refractivity contribution in [2.45, 2.75) is 83.8 Å². The number of aryl methyl sites for hydroxylation is 1. The van der Waals surface area contributed by atoms with Crippen molar-refractivity contribution in [3.05, 3.63) is 52.3 Å². The highest BCUT2D eigenvalue weighted by molar-refractivity contribution is 7.88. The monoisotopic (exact) mass is 700 g/mol. The maximum Gasteiger partial charge on any atom is 0.393 e. The Hall–Kier alpha value is -2.93. The molecule has 4 aromatic rings. The Kier molecular flexibility index (Phi) is 10.6. The van der Waals surface area contributed by atoms with Gasteiger partial charge in [0.25, 0.3) is 0 Å². The van der Waals surface area contributed by atoms with Crippen LogP contribution in [0.3, 0.4) is 0 Å². The first-order valence-corrected chi connectivity index (χ1v) is 18.9. The number of thiophene rings is 1. The average Bonchev–Trinajstić information content (AvgIpc) is 3.63. The molecule has 2 saturated heterocycles. The second kappa shape index (κ2) is 14.5. The lowest BCUT2D eigenvalue weighted by molar-refractivity contribution is -0.126. The summed E-state index contributed by atoms with van der Waals surface area (Å²) < 4.78 is 55.3. The molecule has 1 N–H and O–H groups in total. The predicted octanol–water partition coefficient (Wildman–Crippen LogP) is 6.09. The fourth-order valence-corrected chi connectivity index (χ4v) is 9.27. The Morgan fingerprint density at radius 1 is 1.15 bits per heavy atom. The number of piperidine rings is 1. The molecule has 2 fully saturated rings. The van der Waals surface area contributed by atoms with Crippen molar-refractivity contribution in [3.63, 3.8) is 0 Å². The maximum absolute atomic E-state index is 13.0. The molecule has 0 aliphatic carbocycles. The second-order valence-electron chi connectivity index (χ2n) is 13.1. The topological polar surface area (TPSA) is 99.3 Å². The van der Waals surface area contributed by atoms with Crippen molar-refractivity contribution in [2.24, 2.45) is 0 Å². The highest BCUT2D eigenvalue weighted by Crippen LogP contribution is 2.34. The minimum Gasteiger partial charge on any atom is -0.598 e. The van der Waals surface area contributed by atoms with E-state index in [1.54, 1.807) is 12.3 Å². The average molecular weight is 701 g/mol. The number of benzene rings is 1. The number of nitrogens with one attached hydrogen (secondary N) is 1. The van der Waals surface area contributed by atoms with Crippen LogP contribution in [0.1, 0.15) is 54.8 Å². The summed E-state index contributed by atoms with van der Waals surface area (Å²) in [5.74, 6) is 0.598. The van der Waals surface area contributed by atoms with Gasteiger partial charge in [0, 0.05) is 78.5 Å². The molecule has 14 heteroatoms. The van der Waals surface area contributed by atoms with E-state index in [2.05, 4.69) is 72.9 Å². The van der Waals surface area contributed by atoms with E-state index >= 15 is 0 Å². The van der Waals surface area contributed by atoms with Crippen molar-refractivity contribution in [1.29, 1.82) is 5.26 Å². The molecule has 0 radical (unpaired) electrons. The molecule has 0 saturated carbocycles. The molecule has 48 heavy (non-hydrogen) atoms. The molecule has 2 aliphatic rings. The van der Waals surface area contributed by atoms with Crippen molar-refractivity contribution in [3.8, 4) is 6.07 Å². The zero-order valence-corrected chi connectivity index (χ0v) is 29.5. The van der Waals surface area contributed by atoms with Gasteiger partial charge in [0.15, 0.2) is 0 Å². The standard InChI is InChI=1S/C34H43F3N8OS2/c1-5-26-20-43(12-13-45(26)48(4)46)22(2)18-44-27(17-38)14-29-23(3)24(6-7-31(29)44)19-42-10-8-25(9-11-42)41-32-30-15-28(16-34(35,36)37)47-33(30)40-21-39-32/h6-7,14-15,21-22,25-26H,5,8-13,16,18-20H2,1-4H3,(H,39,40,41). The van der Waals surface area contributed by atoms with Crippen molar-refractivity contribution < 1.29 is 17.7 Å². The summed E-state index contributed by atoms with van der Waals surface area (Å²) in [7, 11) is 0. The fourth-order valence-electron chi connectivity index (χ4n) is 7.27. The molecule has 9 nitrogen and oxygen atoms in total. The van der Waals surface area contributed by atoms with E-state index in [0.717, 1.165) is 80.8 Å². The molecule has 2 aliphatic heterocycles. The summed E-state index contributed by atoms with van der Waals surface area (Å²) in [6, 6.07) is 11.0. The third kappa shape index (κ3) is 7.61. The van der Waals surface area contributed by atoms with Crippen LogP contribution in [0.2, 0.25) is 0 Å². The van der Waals surface area contributed by atoms with Crippen molar-refractivity contribution >= 4 is 49.6 Å². The number of halogens is 3. The lowest BCUT2D eigenvalue weighted by Gasteiger charge is -2.42. The maximum atomic E-state index is 13.0. The number of piperazine rings is 1. The number of anilines is 1. The van der Waals surface area contributed by atoms with Crippen LogP contribution >= 0.6 is 11.3 Å². The molecule has 3 aromatic heterocycles. The van der Waals surface area contributed by atoms with E-state index < -0.39 is 24.0 Å². The Labute approximate surface area is 287 Å². The van der Waals surface area contributed by atoms with Crippen LogP contribution in [0.5, 0.6) is 0 Å². The Morgan fingerprint density at radius 3 is 2.60 bits per heavy atom. The third-order valence-electron chi connectivity index (χ3n) is 9.99. The highest BCUT2D eigenvalue weighted by Gasteiger charge is 2.34. The number of likely N-dealkylation sites (tertiary alicyclic amines) is 1. The molecule has 5 heterocycles. The van der Waals surface area contributed by atoms with Crippen LogP contribution in [0, 0.1) is 18.3 Å². The smallest absolute Gasteiger partial charge is 0.393 e. The van der Waals surface area contributed by atoms with Gasteiger partial charge in [-0.2, -0.15) is 18.4 Å². The van der Waals surface area contributed by atoms with Crippen molar-refractivity contribution in [1.82, 2.24) is 28.6 Å². The minimum absolute atomic E-state index is 0.169. The molecular weight excluding hydrogens is 658 g/mol. The van der Waals surface area contributed by atoms with Gasteiger partial charge in [-0.25, -0.2) is 9.97 Å². The first kappa shape index (κ1) is 34.9. The summed E-state index contributed by atoms with van der Waals surface area (Å²) in [4.78, 5) is 14.3. The van der Waals surface area contributed by atoms with Gasteiger partial charge in [-0.3, -0.25) is 9.80 Å². The van der Waals surface area contributed by atoms with Gasteiger partial charge in [0.1, 0.15) is 35.0 Å². The number of nitrogens with zero attached hydrogens (tertiary/aromatic N) is 7. The van der Waals surface area contributed by atoms with Crippen LogP contribution in [0.25, 0.3) is 21.1 Å². The van der Waals surface area contributed by atoms with Gasteiger partial charge < -0.3 is 14.4 Å². The van der Waals surface area contributed by atoms with Crippen molar-refractivity contribution in [2.75, 3.05) is 44.3 Å². The first-order chi connectivity index (χ1) is 22.9. The Morgan fingerprint density at radius 2 is 1.92 bits per heavy atom. The lowest BCUT2D eigenvalue weighted by Crippen LogP contribution is -2.57. The SMILES string of the molecule is CCC1CN(C(C)Cn2c(C#N)cc3c(C)c(CN4CCC(Nc5ncnc6sc(CC(F)(F)F)cc56)CC4)ccc32)CCN1[S+](C)[O-]. The molecule has 0 spiro atoms. The van der Waals surface area contributed by atoms with E-state index in [1.807, 2.05) is 6.07 Å². The van der Waals surface area contributed by atoms with Crippen LogP contribution in [-0.4, -0.2) is 96.5 Å². The van der Waals surface area contributed by atoms with Crippen LogP contribution in [0.4, 0.5) is 19.0 Å². The molecule has 1 aromatic carbocycles. The van der Waals surface area contributed by atoms with Gasteiger partial charge in [-0.05, 0) is 62.4 Å². The van der Waals surface area contributed by atoms with Gasteiger partial charge in [-0.15, -0.1) is 15.6 Å². The summed E-state index contributed by atoms with van der Waals surface area (Å²) in [6.07, 6.45) is 0.686. The molecule has 0 amide bonds. The number of fused-ring (bicyclic) bond motifs is 2. The van der Waals surface area contributed by atoms with Crippen LogP contribution in [0.15, 0.2) is 30.6 Å². The molecule has 6 rings (SSSR count). The Bertz CT molecular complexity index is 1780. The van der Waals surface area contributed by atoms with E-state index in [0.29, 0.717) is 28.3 Å². The number of hydrogen-bond donors (Lipinski definition) is 1. The minimum atomic E-state index is -4.26. The molecule has 3 atom stereocenters. The summed E-state index contributed by atoms with van der Waals surface area (Å²) in [5, 5.41) is 15.3. The molecule has 258 valence electrons. The number of aromatic nitrogens is 3. The summed E-state index contributed by atoms with van der Waals surface area (Å²) in [6.45, 7) is 12.3. The van der Waals surface area contributed by atoms with Crippen LogP contribution in [-0.2, 0) is 30.9 Å². The molecule has 3 unspecified atom stereocenters. The second-order valence-corrected chi connectivity index (χ2v) is 15.6.